The highest BCUT2D eigenvalue weighted by Crippen LogP contribution is 2.36. The first-order valence-corrected chi connectivity index (χ1v) is 11.8. The van der Waals surface area contributed by atoms with Crippen LogP contribution in [0.4, 0.5) is 0 Å². The third kappa shape index (κ3) is 4.35. The van der Waals surface area contributed by atoms with Crippen LogP contribution in [0, 0.1) is 14.9 Å². The molecule has 34 heavy (non-hydrogen) atoms. The van der Waals surface area contributed by atoms with Gasteiger partial charge in [-0.05, 0) is 74.8 Å². The molecule has 0 atom stereocenters. The van der Waals surface area contributed by atoms with Gasteiger partial charge in [0.05, 0.1) is 27.3 Å². The maximum atomic E-state index is 9.78. The third-order valence-corrected chi connectivity index (χ3v) is 6.38. The number of benzene rings is 4. The van der Waals surface area contributed by atoms with Crippen LogP contribution in [0.2, 0.25) is 0 Å². The number of hydrogen-bond acceptors (Lipinski definition) is 4. The van der Waals surface area contributed by atoms with E-state index < -0.39 is 0 Å². The molecule has 0 amide bonds. The zero-order valence-corrected chi connectivity index (χ0v) is 20.5. The van der Waals surface area contributed by atoms with Gasteiger partial charge in [0.25, 0.3) is 0 Å². The first-order valence-electron chi connectivity index (χ1n) is 10.7. The molecule has 0 spiro atoms. The summed E-state index contributed by atoms with van der Waals surface area (Å²) in [4.78, 5) is 7.76. The number of aromatic nitrogens is 2. The maximum absolute atomic E-state index is 9.78. The van der Waals surface area contributed by atoms with Crippen LogP contribution in [0.15, 0.2) is 78.9 Å². The highest BCUT2D eigenvalue weighted by atomic mass is 127. The van der Waals surface area contributed by atoms with Gasteiger partial charge in [0.2, 0.25) is 0 Å². The molecular weight excluding hydrogens is 537 g/mol. The zero-order valence-electron chi connectivity index (χ0n) is 18.4. The molecular formula is C28H20IN3O2. The van der Waals surface area contributed by atoms with Gasteiger partial charge in [0, 0.05) is 0 Å². The first kappa shape index (κ1) is 22.0. The van der Waals surface area contributed by atoms with E-state index in [1.807, 2.05) is 54.6 Å². The lowest BCUT2D eigenvalue weighted by Gasteiger charge is -2.15. The normalized spacial score (nSPS) is 11.5. The second-order valence-corrected chi connectivity index (χ2v) is 8.90. The molecule has 1 N–H and O–H groups in total. The van der Waals surface area contributed by atoms with Crippen molar-refractivity contribution in [1.82, 2.24) is 9.97 Å². The summed E-state index contributed by atoms with van der Waals surface area (Å²) < 4.78 is 12.8. The second-order valence-electron chi connectivity index (χ2n) is 7.73. The summed E-state index contributed by atoms with van der Waals surface area (Å²) in [6, 6.07) is 28.3. The van der Waals surface area contributed by atoms with Gasteiger partial charge in [0.15, 0.2) is 11.5 Å². The van der Waals surface area contributed by atoms with E-state index in [0.29, 0.717) is 29.5 Å². The van der Waals surface area contributed by atoms with Crippen molar-refractivity contribution in [1.29, 1.82) is 5.26 Å². The Hall–Kier alpha value is -3.83. The van der Waals surface area contributed by atoms with E-state index in [-0.39, 0.29) is 0 Å². The number of ether oxygens (including phenoxy) is 2. The minimum absolute atomic E-state index is 0.422. The van der Waals surface area contributed by atoms with E-state index in [9.17, 15) is 5.26 Å². The number of allylic oxidation sites excluding steroid dienone is 1. The molecule has 0 fully saturated rings. The molecule has 0 unspecified atom stereocenters. The van der Waals surface area contributed by atoms with Crippen molar-refractivity contribution in [3.05, 3.63) is 99.4 Å². The number of hydrogen-bond donors (Lipinski definition) is 1. The molecule has 5 aromatic rings. The van der Waals surface area contributed by atoms with Crippen molar-refractivity contribution in [2.75, 3.05) is 7.11 Å². The Morgan fingerprint density at radius 3 is 2.68 bits per heavy atom. The Labute approximate surface area is 210 Å². The highest BCUT2D eigenvalue weighted by Gasteiger charge is 2.14. The molecule has 5 nitrogen and oxygen atoms in total. The quantitative estimate of drug-likeness (QED) is 0.181. The van der Waals surface area contributed by atoms with E-state index in [1.165, 1.54) is 10.8 Å². The zero-order chi connectivity index (χ0) is 23.5. The summed E-state index contributed by atoms with van der Waals surface area (Å²) in [5.74, 6) is 1.82. The molecule has 6 heteroatoms. The number of rotatable bonds is 6. The highest BCUT2D eigenvalue weighted by molar-refractivity contribution is 14.1. The summed E-state index contributed by atoms with van der Waals surface area (Å²) in [6.45, 7) is 0.422. The minimum atomic E-state index is 0.422. The lowest BCUT2D eigenvalue weighted by Crippen LogP contribution is -2.01. The topological polar surface area (TPSA) is 70.9 Å². The van der Waals surface area contributed by atoms with E-state index in [2.05, 4.69) is 62.9 Å². The Kier molecular flexibility index (Phi) is 6.19. The van der Waals surface area contributed by atoms with E-state index >= 15 is 0 Å². The Morgan fingerprint density at radius 2 is 1.85 bits per heavy atom. The summed E-state index contributed by atoms with van der Waals surface area (Å²) in [5.41, 5.74) is 4.09. The fraction of sp³-hybridized carbons (Fsp3) is 0.0714. The molecule has 4 aromatic carbocycles. The number of para-hydroxylation sites is 2. The lowest BCUT2D eigenvalue weighted by atomic mass is 10.1. The fourth-order valence-corrected chi connectivity index (χ4v) is 4.71. The average molecular weight is 557 g/mol. The van der Waals surface area contributed by atoms with Gasteiger partial charge in [-0.3, -0.25) is 0 Å². The number of methoxy groups -OCH3 is 1. The Bertz CT molecular complexity index is 1540. The maximum Gasteiger partial charge on any atom is 0.174 e. The van der Waals surface area contributed by atoms with Crippen LogP contribution in [0.5, 0.6) is 11.5 Å². The van der Waals surface area contributed by atoms with E-state index in [1.54, 1.807) is 13.2 Å². The Balaban J connectivity index is 1.45. The number of halogens is 1. The van der Waals surface area contributed by atoms with Crippen molar-refractivity contribution in [3.8, 4) is 17.6 Å². The van der Waals surface area contributed by atoms with Crippen molar-refractivity contribution < 1.29 is 9.47 Å². The van der Waals surface area contributed by atoms with Gasteiger partial charge in [-0.2, -0.15) is 5.26 Å². The average Bonchev–Trinajstić information content (AvgIpc) is 3.30. The van der Waals surface area contributed by atoms with Crippen LogP contribution in [0.25, 0.3) is 33.5 Å². The molecule has 1 aromatic heterocycles. The molecule has 0 saturated heterocycles. The number of nitrogens with one attached hydrogen (secondary N) is 1. The molecule has 166 valence electrons. The fourth-order valence-electron chi connectivity index (χ4n) is 3.93. The molecule has 0 aliphatic carbocycles. The smallest absolute Gasteiger partial charge is 0.174 e. The number of aromatic amines is 1. The number of imidazole rings is 1. The molecule has 0 bridgehead atoms. The van der Waals surface area contributed by atoms with Crippen molar-refractivity contribution in [2.24, 2.45) is 0 Å². The molecule has 0 radical (unpaired) electrons. The van der Waals surface area contributed by atoms with Crippen LogP contribution in [0.3, 0.4) is 0 Å². The first-order chi connectivity index (χ1) is 16.7. The van der Waals surface area contributed by atoms with Crippen molar-refractivity contribution >= 4 is 56.0 Å². The number of fused-ring (bicyclic) bond motifs is 2. The van der Waals surface area contributed by atoms with Crippen LogP contribution in [-0.2, 0) is 6.61 Å². The van der Waals surface area contributed by atoms with Gasteiger partial charge in [0.1, 0.15) is 18.5 Å². The van der Waals surface area contributed by atoms with Crippen LogP contribution < -0.4 is 9.47 Å². The molecule has 1 heterocycles. The Morgan fingerprint density at radius 1 is 1.06 bits per heavy atom. The number of H-pyrrole nitrogens is 1. The predicted molar refractivity (Wildman–Crippen MR) is 144 cm³/mol. The van der Waals surface area contributed by atoms with Crippen molar-refractivity contribution in [2.45, 2.75) is 6.61 Å². The van der Waals surface area contributed by atoms with E-state index in [0.717, 1.165) is 25.7 Å². The van der Waals surface area contributed by atoms with Crippen LogP contribution >= 0.6 is 22.6 Å². The standard InChI is InChI=1S/C28H20IN3O2/c1-33-26-15-18(13-21(16-30)28-31-24-11-4-5-12-25(24)32-28)14-23(29)27(26)34-17-20-9-6-8-19-7-2-3-10-22(19)20/h2-15H,17H2,1H3,(H,31,32)/b21-13-. The number of nitrogens with zero attached hydrogens (tertiary/aromatic N) is 2. The summed E-state index contributed by atoms with van der Waals surface area (Å²) in [7, 11) is 1.62. The van der Waals surface area contributed by atoms with Gasteiger partial charge in [-0.25, -0.2) is 4.98 Å². The van der Waals surface area contributed by atoms with Gasteiger partial charge < -0.3 is 14.5 Å². The van der Waals surface area contributed by atoms with Gasteiger partial charge >= 0.3 is 0 Å². The van der Waals surface area contributed by atoms with Crippen LogP contribution in [0.1, 0.15) is 17.0 Å². The summed E-state index contributed by atoms with van der Waals surface area (Å²) in [5, 5.41) is 12.1. The van der Waals surface area contributed by atoms with Gasteiger partial charge in [-0.15, -0.1) is 0 Å². The minimum Gasteiger partial charge on any atom is -0.493 e. The molecule has 0 aliphatic rings. The molecule has 0 saturated carbocycles. The second kappa shape index (κ2) is 9.57. The predicted octanol–water partition coefficient (Wildman–Crippen LogP) is 6.97. The van der Waals surface area contributed by atoms with Crippen molar-refractivity contribution in [3.63, 3.8) is 0 Å². The molecule has 5 rings (SSSR count). The van der Waals surface area contributed by atoms with Gasteiger partial charge in [-0.1, -0.05) is 54.6 Å². The summed E-state index contributed by atoms with van der Waals surface area (Å²) in [6.07, 6.45) is 1.80. The van der Waals surface area contributed by atoms with Crippen LogP contribution in [-0.4, -0.2) is 17.1 Å². The SMILES string of the molecule is COc1cc(/C=C(/C#N)c2nc3ccccc3[nH]2)cc(I)c1OCc1cccc2ccccc12. The lowest BCUT2D eigenvalue weighted by molar-refractivity contribution is 0.283. The van der Waals surface area contributed by atoms with E-state index in [4.69, 9.17) is 9.47 Å². The monoisotopic (exact) mass is 557 g/mol. The largest absolute Gasteiger partial charge is 0.493 e. The number of nitriles is 1. The summed E-state index contributed by atoms with van der Waals surface area (Å²) >= 11 is 2.24. The third-order valence-electron chi connectivity index (χ3n) is 5.58. The molecule has 0 aliphatic heterocycles.